The highest BCUT2D eigenvalue weighted by Crippen LogP contribution is 2.66. The number of nitrogens with zero attached hydrogens (tertiary/aromatic N) is 3. The van der Waals surface area contributed by atoms with Gasteiger partial charge in [0.1, 0.15) is 47.4 Å². The summed E-state index contributed by atoms with van der Waals surface area (Å²) < 4.78 is 130. The van der Waals surface area contributed by atoms with Crippen LogP contribution in [0, 0.1) is 11.8 Å². The molecule has 1 aromatic heterocycles. The molecule has 0 bridgehead atoms. The summed E-state index contributed by atoms with van der Waals surface area (Å²) in [6, 6.07) is 7.56. The highest BCUT2D eigenvalue weighted by atomic mass is 32.2. The molecule has 390 valence electrons. The van der Waals surface area contributed by atoms with Crippen LogP contribution in [-0.2, 0) is 77.4 Å². The Morgan fingerprint density at radius 3 is 2.32 bits per heavy atom. The van der Waals surface area contributed by atoms with Crippen LogP contribution in [0.5, 0.6) is 11.5 Å². The highest BCUT2D eigenvalue weighted by Gasteiger charge is 2.44. The number of phosphoric ester groups is 1. The summed E-state index contributed by atoms with van der Waals surface area (Å²) in [6.07, 6.45) is 2.79. The van der Waals surface area contributed by atoms with Crippen LogP contribution in [0.15, 0.2) is 55.9 Å². The second-order valence-corrected chi connectivity index (χ2v) is 25.7. The van der Waals surface area contributed by atoms with E-state index in [1.807, 2.05) is 17.1 Å². The molecule has 0 aliphatic carbocycles. The fraction of sp³-hybridized carbons (Fsp3) is 0.419. The lowest BCUT2D eigenvalue weighted by molar-refractivity contribution is -0.0450. The molecule has 10 rings (SSSR count). The molecule has 0 radical (unpaired) electrons. The summed E-state index contributed by atoms with van der Waals surface area (Å²) in [6.45, 7) is 1.92. The molecular weight excluding hydrogens is 1060 g/mol. The molecule has 4 aromatic rings. The Bertz CT molecular complexity index is 3730. The minimum atomic E-state index is -5.84. The van der Waals surface area contributed by atoms with Crippen molar-refractivity contribution in [3.8, 4) is 23.3 Å². The Hall–Kier alpha value is -4.68. The summed E-state index contributed by atoms with van der Waals surface area (Å²) in [5.41, 5.74) is 4.16. The Kier molecular flexibility index (Phi) is 13.6. The van der Waals surface area contributed by atoms with Crippen molar-refractivity contribution >= 4 is 54.9 Å². The molecule has 0 spiro atoms. The molecule has 6 aliphatic rings. The molecule has 0 amide bonds. The molecule has 5 atom stereocenters. The lowest BCUT2D eigenvalue weighted by atomic mass is 9.82. The number of phosphoric acid groups is 3. The summed E-state index contributed by atoms with van der Waals surface area (Å²) in [5.74, 6) is 6.13. The average Bonchev–Trinajstić information content (AvgIpc) is 3.68. The topological polar surface area (TPSA) is 360 Å². The first-order chi connectivity index (χ1) is 34.4. The van der Waals surface area contributed by atoms with Crippen molar-refractivity contribution in [2.24, 2.45) is 0 Å². The zero-order valence-electron chi connectivity index (χ0n) is 38.2. The number of hydrogen-bond acceptors (Lipinski definition) is 16. The molecule has 0 saturated carbocycles. The predicted molar refractivity (Wildman–Crippen MR) is 254 cm³/mol. The van der Waals surface area contributed by atoms with Gasteiger partial charge in [0.2, 0.25) is 15.4 Å². The Balaban J connectivity index is 0.929. The number of anilines is 1. The van der Waals surface area contributed by atoms with E-state index in [1.165, 1.54) is 12.1 Å². The quantitative estimate of drug-likeness (QED) is 0.0345. The van der Waals surface area contributed by atoms with Gasteiger partial charge in [-0.05, 0) is 68.4 Å². The largest absolute Gasteiger partial charge is 0.490 e. The number of aromatic nitrogens is 2. The number of ether oxygens (including phenoxy) is 2. The number of fused-ring (bicyclic) bond motifs is 4. The van der Waals surface area contributed by atoms with Gasteiger partial charge in [-0.25, -0.2) is 31.5 Å². The van der Waals surface area contributed by atoms with E-state index >= 15 is 0 Å². The first kappa shape index (κ1) is 51.8. The van der Waals surface area contributed by atoms with Crippen LogP contribution >= 0.6 is 23.5 Å². The Morgan fingerprint density at radius 1 is 0.863 bits per heavy atom. The molecule has 73 heavy (non-hydrogen) atoms. The van der Waals surface area contributed by atoms with Gasteiger partial charge in [0.05, 0.1) is 29.7 Å². The van der Waals surface area contributed by atoms with E-state index in [1.54, 1.807) is 0 Å². The molecule has 2 unspecified atom stereocenters. The molecule has 30 heteroatoms. The zero-order chi connectivity index (χ0) is 52.0. The maximum atomic E-state index is 13.8. The molecule has 25 nitrogen and oxygen atoms in total. The molecule has 1 fully saturated rings. The lowest BCUT2D eigenvalue weighted by Crippen LogP contribution is -2.45. The van der Waals surface area contributed by atoms with Crippen LogP contribution in [0.3, 0.4) is 0 Å². The van der Waals surface area contributed by atoms with E-state index in [2.05, 4.69) is 39.2 Å². The number of hydrogen-bond donors (Lipinski definition) is 8. The second kappa shape index (κ2) is 19.2. The van der Waals surface area contributed by atoms with Crippen molar-refractivity contribution in [2.75, 3.05) is 44.2 Å². The number of aliphatic hydroxyl groups excluding tert-OH is 1. The van der Waals surface area contributed by atoms with Gasteiger partial charge in [0.15, 0.2) is 0 Å². The third-order valence-electron chi connectivity index (χ3n) is 13.4. The van der Waals surface area contributed by atoms with Crippen molar-refractivity contribution in [2.45, 2.75) is 86.0 Å². The predicted octanol–water partition coefficient (Wildman–Crippen LogP) is 0.540. The van der Waals surface area contributed by atoms with Crippen molar-refractivity contribution in [1.82, 2.24) is 18.8 Å². The van der Waals surface area contributed by atoms with E-state index in [-0.39, 0.29) is 5.56 Å². The van der Waals surface area contributed by atoms with Crippen LogP contribution in [0.1, 0.15) is 77.3 Å². The standard InChI is InChI=1S/C43H46N5O20P3S2/c49-33-21-36(65-34(33)23-64-70(55,56)68-71(57,58)67-69(52,53)54)48-22-26(42(50)45-43(48)51)6-1-13-44-72(59,60)27-11-12-28(35(20-27)73(61,62)63)37-31-18-24-7-2-14-46-16-4-9-29(38(24)46)40(31)66-41-30-10-5-17-47-15-3-8-25(39(30)47)19-32(37)41/h11-12,18-20,22,33-34,36,44,49H,2-5,7-10,13-17,21,23H2,(H5-,45,50,51,52,53,54,55,56,57,58,61,62,63)/p+1/t33-,34+,36+/m0/s1. The minimum absolute atomic E-state index is 0.0806. The smallest absolute Gasteiger partial charge is 0.455 e. The van der Waals surface area contributed by atoms with Crippen LogP contribution in [-0.4, -0.2) is 107 Å². The van der Waals surface area contributed by atoms with Crippen molar-refractivity contribution in [3.05, 3.63) is 107 Å². The SMILES string of the molecule is O=c1[nH]c(=O)n([C@H]2C[C@H](O)[C@@H](COP(=O)(O)OP(=O)(O)OP(=O)(O)O)O2)cc1C#CCNS(=O)(=O)c1ccc(C2=c3cc4c5c(c3Oc3c2cc2c6c3CCCN6CCC2)CCC[N+]=5CCC4)c(S(=O)(=O)O)c1. The normalized spacial score (nSPS) is 21.9. The summed E-state index contributed by atoms with van der Waals surface area (Å²) in [5, 5.41) is 12.3. The number of benzene rings is 3. The van der Waals surface area contributed by atoms with Crippen molar-refractivity contribution in [1.29, 1.82) is 0 Å². The van der Waals surface area contributed by atoms with Crippen molar-refractivity contribution < 1.29 is 82.4 Å². The van der Waals surface area contributed by atoms with Gasteiger partial charge in [0, 0.05) is 77.3 Å². The van der Waals surface area contributed by atoms with Crippen molar-refractivity contribution in [3.63, 3.8) is 0 Å². The van der Waals surface area contributed by atoms with Gasteiger partial charge in [-0.3, -0.25) is 23.4 Å². The van der Waals surface area contributed by atoms with E-state index in [0.717, 1.165) is 128 Å². The van der Waals surface area contributed by atoms with Gasteiger partial charge < -0.3 is 39.1 Å². The third kappa shape index (κ3) is 10.4. The van der Waals surface area contributed by atoms with Crippen LogP contribution < -0.4 is 40.8 Å². The summed E-state index contributed by atoms with van der Waals surface area (Å²) in [7, 11) is -26.8. The number of H-pyrrole nitrogens is 1. The lowest BCUT2D eigenvalue weighted by Gasteiger charge is -2.39. The number of nitrogens with one attached hydrogen (secondary N) is 2. The third-order valence-corrected chi connectivity index (χ3v) is 19.5. The van der Waals surface area contributed by atoms with Crippen LogP contribution in [0.2, 0.25) is 0 Å². The van der Waals surface area contributed by atoms with E-state index in [9.17, 15) is 59.6 Å². The molecular formula is C43H47N5O20P3S2+. The molecule has 6 aliphatic heterocycles. The zero-order valence-corrected chi connectivity index (χ0v) is 42.5. The molecule has 1 saturated heterocycles. The van der Waals surface area contributed by atoms with E-state index < -0.39 is 108 Å². The van der Waals surface area contributed by atoms with Gasteiger partial charge >= 0.3 is 29.2 Å². The Morgan fingerprint density at radius 2 is 1.58 bits per heavy atom. The maximum Gasteiger partial charge on any atom is 0.490 e. The van der Waals surface area contributed by atoms with Gasteiger partial charge in [-0.1, -0.05) is 17.9 Å². The van der Waals surface area contributed by atoms with E-state index in [4.69, 9.17) is 19.3 Å². The first-order valence-corrected chi connectivity index (χ1v) is 30.3. The van der Waals surface area contributed by atoms with Gasteiger partial charge in [0.25, 0.3) is 15.7 Å². The average molecular weight is 1110 g/mol. The molecule has 7 heterocycles. The minimum Gasteiger partial charge on any atom is -0.455 e. The number of aromatic amines is 1. The maximum absolute atomic E-state index is 13.8. The summed E-state index contributed by atoms with van der Waals surface area (Å²) >= 11 is 0. The van der Waals surface area contributed by atoms with Gasteiger partial charge in [-0.2, -0.15) is 21.8 Å². The van der Waals surface area contributed by atoms with Gasteiger partial charge in [-0.15, -0.1) is 0 Å². The number of aryl methyl sites for hydroxylation is 2. The van der Waals surface area contributed by atoms with E-state index in [0.29, 0.717) is 27.9 Å². The van der Waals surface area contributed by atoms with Crippen LogP contribution in [0.4, 0.5) is 5.69 Å². The first-order valence-electron chi connectivity index (χ1n) is 22.9. The Labute approximate surface area is 415 Å². The fourth-order valence-corrected chi connectivity index (χ4v) is 15.3. The second-order valence-electron chi connectivity index (χ2n) is 18.1. The molecule has 3 aromatic carbocycles. The highest BCUT2D eigenvalue weighted by molar-refractivity contribution is 7.89. The molecule has 8 N–H and O–H groups in total. The number of rotatable bonds is 13. The number of aliphatic hydroxyl groups is 1. The summed E-state index contributed by atoms with van der Waals surface area (Å²) in [4.78, 5) is 65.4. The fourth-order valence-electron chi connectivity index (χ4n) is 10.5. The monoisotopic (exact) mass is 1110 g/mol. The van der Waals surface area contributed by atoms with Crippen LogP contribution in [0.25, 0.3) is 5.57 Å². The number of sulfonamides is 1.